The van der Waals surface area contributed by atoms with Gasteiger partial charge >= 0.3 is 0 Å². The highest BCUT2D eigenvalue weighted by Crippen LogP contribution is 2.23. The molecule has 1 heterocycles. The Labute approximate surface area is 154 Å². The number of aromatic nitrogens is 3. The number of aryl methyl sites for hydroxylation is 1. The number of aliphatic imine (C=N–C) groups is 1. The fourth-order valence-corrected chi connectivity index (χ4v) is 3.07. The van der Waals surface area contributed by atoms with Gasteiger partial charge < -0.3 is 15.2 Å². The third-order valence-electron chi connectivity index (χ3n) is 4.47. The molecule has 0 bridgehead atoms. The Hall–Kier alpha value is -2.89. The van der Waals surface area contributed by atoms with Crippen LogP contribution in [0.3, 0.4) is 0 Å². The van der Waals surface area contributed by atoms with Gasteiger partial charge in [-0.2, -0.15) is 0 Å². The molecule has 0 fully saturated rings. The third kappa shape index (κ3) is 4.59. The van der Waals surface area contributed by atoms with Gasteiger partial charge in [0.1, 0.15) is 12.7 Å². The maximum Gasteiger partial charge on any atom is 0.191 e. The highest BCUT2D eigenvalue weighted by Gasteiger charge is 2.10. The largest absolute Gasteiger partial charge is 0.356 e. The summed E-state index contributed by atoms with van der Waals surface area (Å²) in [5.74, 6) is 0.828. The summed E-state index contributed by atoms with van der Waals surface area (Å²) in [6.07, 6.45) is 5.63. The number of rotatable bonds is 7. The molecule has 0 saturated heterocycles. The van der Waals surface area contributed by atoms with Crippen molar-refractivity contribution in [3.63, 3.8) is 0 Å². The van der Waals surface area contributed by atoms with Gasteiger partial charge in [-0.1, -0.05) is 42.5 Å². The van der Waals surface area contributed by atoms with E-state index in [9.17, 15) is 0 Å². The van der Waals surface area contributed by atoms with E-state index in [1.807, 2.05) is 11.6 Å². The molecule has 2 N–H and O–H groups in total. The van der Waals surface area contributed by atoms with Crippen molar-refractivity contribution < 1.29 is 0 Å². The SMILES string of the molecule is CN=C(NCCCCn1cnnc1)NC(C)c1cccc2ccccc12. The number of nitrogens with one attached hydrogen (secondary N) is 2. The second kappa shape index (κ2) is 8.99. The Bertz CT molecular complexity index is 835. The number of hydrogen-bond acceptors (Lipinski definition) is 3. The standard InChI is InChI=1S/C20H26N6/c1-16(18-11-7-9-17-8-3-4-10-19(17)18)25-20(21-2)22-12-5-6-13-26-14-23-24-15-26/h3-4,7-11,14-16H,5-6,12-13H2,1-2H3,(H2,21,22,25). The minimum atomic E-state index is 0.171. The zero-order chi connectivity index (χ0) is 18.2. The monoisotopic (exact) mass is 350 g/mol. The van der Waals surface area contributed by atoms with Crippen LogP contribution in [-0.2, 0) is 6.54 Å². The minimum absolute atomic E-state index is 0.171. The van der Waals surface area contributed by atoms with Crippen molar-refractivity contribution in [1.82, 2.24) is 25.4 Å². The van der Waals surface area contributed by atoms with Gasteiger partial charge in [-0.05, 0) is 36.1 Å². The van der Waals surface area contributed by atoms with Gasteiger partial charge in [-0.15, -0.1) is 10.2 Å². The fourth-order valence-electron chi connectivity index (χ4n) is 3.07. The normalized spacial score (nSPS) is 12.9. The van der Waals surface area contributed by atoms with Crippen LogP contribution in [0.1, 0.15) is 31.4 Å². The van der Waals surface area contributed by atoms with Crippen molar-refractivity contribution in [2.75, 3.05) is 13.6 Å². The Morgan fingerprint density at radius 1 is 1.08 bits per heavy atom. The number of fused-ring (bicyclic) bond motifs is 1. The average Bonchev–Trinajstić information content (AvgIpc) is 3.19. The van der Waals surface area contributed by atoms with E-state index in [1.165, 1.54) is 16.3 Å². The van der Waals surface area contributed by atoms with Crippen molar-refractivity contribution in [3.8, 4) is 0 Å². The van der Waals surface area contributed by atoms with Crippen LogP contribution in [0.25, 0.3) is 10.8 Å². The molecule has 0 radical (unpaired) electrons. The molecule has 6 heteroatoms. The molecular weight excluding hydrogens is 324 g/mol. The van der Waals surface area contributed by atoms with Crippen molar-refractivity contribution >= 4 is 16.7 Å². The number of benzene rings is 2. The fraction of sp³-hybridized carbons (Fsp3) is 0.350. The molecule has 0 aliphatic heterocycles. The molecule has 0 aliphatic carbocycles. The van der Waals surface area contributed by atoms with Gasteiger partial charge in [0.2, 0.25) is 0 Å². The Morgan fingerprint density at radius 3 is 2.65 bits per heavy atom. The zero-order valence-corrected chi connectivity index (χ0v) is 15.4. The molecule has 1 atom stereocenters. The van der Waals surface area contributed by atoms with E-state index >= 15 is 0 Å². The topological polar surface area (TPSA) is 67.1 Å². The van der Waals surface area contributed by atoms with Gasteiger partial charge in [0.05, 0.1) is 6.04 Å². The maximum absolute atomic E-state index is 4.35. The van der Waals surface area contributed by atoms with Crippen LogP contribution in [0.2, 0.25) is 0 Å². The molecule has 1 aromatic heterocycles. The summed E-state index contributed by atoms with van der Waals surface area (Å²) in [7, 11) is 1.81. The lowest BCUT2D eigenvalue weighted by Crippen LogP contribution is -2.39. The summed E-state index contributed by atoms with van der Waals surface area (Å²) in [6, 6.07) is 15.1. The lowest BCUT2D eigenvalue weighted by atomic mass is 10.00. The Balaban J connectivity index is 1.51. The Morgan fingerprint density at radius 2 is 1.85 bits per heavy atom. The molecule has 3 aromatic rings. The number of hydrogen-bond donors (Lipinski definition) is 2. The minimum Gasteiger partial charge on any atom is -0.356 e. The first kappa shape index (κ1) is 17.9. The molecular formula is C20H26N6. The van der Waals surface area contributed by atoms with Crippen LogP contribution in [0, 0.1) is 0 Å². The molecule has 3 rings (SSSR count). The number of guanidine groups is 1. The van der Waals surface area contributed by atoms with Gasteiger partial charge in [0, 0.05) is 20.1 Å². The molecule has 1 unspecified atom stereocenters. The third-order valence-corrected chi connectivity index (χ3v) is 4.47. The summed E-state index contributed by atoms with van der Waals surface area (Å²) in [6.45, 7) is 3.98. The number of nitrogens with zero attached hydrogens (tertiary/aromatic N) is 4. The van der Waals surface area contributed by atoms with E-state index in [1.54, 1.807) is 12.7 Å². The van der Waals surface area contributed by atoms with Gasteiger partial charge in [0.15, 0.2) is 5.96 Å². The van der Waals surface area contributed by atoms with Crippen LogP contribution in [0.15, 0.2) is 60.1 Å². The summed E-state index contributed by atoms with van der Waals surface area (Å²) < 4.78 is 2.00. The van der Waals surface area contributed by atoms with Gasteiger partial charge in [0.25, 0.3) is 0 Å². The molecule has 0 saturated carbocycles. The molecule has 26 heavy (non-hydrogen) atoms. The molecule has 6 nitrogen and oxygen atoms in total. The van der Waals surface area contributed by atoms with E-state index in [0.717, 1.165) is 31.9 Å². The van der Waals surface area contributed by atoms with E-state index in [4.69, 9.17) is 0 Å². The lowest BCUT2D eigenvalue weighted by Gasteiger charge is -2.20. The van der Waals surface area contributed by atoms with E-state index < -0.39 is 0 Å². The first-order chi connectivity index (χ1) is 12.8. The average molecular weight is 350 g/mol. The quantitative estimate of drug-likeness (QED) is 0.390. The molecule has 0 aliphatic rings. The maximum atomic E-state index is 4.35. The predicted molar refractivity (Wildman–Crippen MR) is 106 cm³/mol. The zero-order valence-electron chi connectivity index (χ0n) is 15.4. The van der Waals surface area contributed by atoms with Crippen LogP contribution >= 0.6 is 0 Å². The lowest BCUT2D eigenvalue weighted by molar-refractivity contribution is 0.594. The Kier molecular flexibility index (Phi) is 6.19. The summed E-state index contributed by atoms with van der Waals surface area (Å²) >= 11 is 0. The summed E-state index contributed by atoms with van der Waals surface area (Å²) in [5, 5.41) is 17.1. The molecule has 0 amide bonds. The first-order valence-electron chi connectivity index (χ1n) is 9.05. The highest BCUT2D eigenvalue weighted by molar-refractivity contribution is 5.87. The smallest absolute Gasteiger partial charge is 0.191 e. The van der Waals surface area contributed by atoms with E-state index in [-0.39, 0.29) is 6.04 Å². The van der Waals surface area contributed by atoms with Crippen molar-refractivity contribution in [2.24, 2.45) is 4.99 Å². The van der Waals surface area contributed by atoms with E-state index in [2.05, 4.69) is 75.2 Å². The highest BCUT2D eigenvalue weighted by atomic mass is 15.2. The second-order valence-corrected chi connectivity index (χ2v) is 6.34. The first-order valence-corrected chi connectivity index (χ1v) is 9.05. The predicted octanol–water partition coefficient (Wildman–Crippen LogP) is 3.14. The van der Waals surface area contributed by atoms with Crippen LogP contribution in [-0.4, -0.2) is 34.3 Å². The van der Waals surface area contributed by atoms with Gasteiger partial charge in [-0.25, -0.2) is 0 Å². The molecule has 2 aromatic carbocycles. The van der Waals surface area contributed by atoms with Crippen LogP contribution in [0.5, 0.6) is 0 Å². The summed E-state index contributed by atoms with van der Waals surface area (Å²) in [5.41, 5.74) is 1.28. The van der Waals surface area contributed by atoms with Crippen molar-refractivity contribution in [1.29, 1.82) is 0 Å². The van der Waals surface area contributed by atoms with E-state index in [0.29, 0.717) is 0 Å². The summed E-state index contributed by atoms with van der Waals surface area (Å²) in [4.78, 5) is 4.35. The van der Waals surface area contributed by atoms with Gasteiger partial charge in [-0.3, -0.25) is 4.99 Å². The van der Waals surface area contributed by atoms with Crippen LogP contribution in [0.4, 0.5) is 0 Å². The molecule has 136 valence electrons. The van der Waals surface area contributed by atoms with Crippen LogP contribution < -0.4 is 10.6 Å². The number of unbranched alkanes of at least 4 members (excludes halogenated alkanes) is 1. The van der Waals surface area contributed by atoms with Crippen molar-refractivity contribution in [3.05, 3.63) is 60.7 Å². The second-order valence-electron chi connectivity index (χ2n) is 6.34. The molecule has 0 spiro atoms. The van der Waals surface area contributed by atoms with Crippen molar-refractivity contribution in [2.45, 2.75) is 32.4 Å².